The molecule has 2 aromatic rings. The van der Waals surface area contributed by atoms with Crippen molar-refractivity contribution in [1.82, 2.24) is 29.9 Å². The molecule has 0 radical (unpaired) electrons. The lowest BCUT2D eigenvalue weighted by atomic mass is 10.0. The topological polar surface area (TPSA) is 80.9 Å². The van der Waals surface area contributed by atoms with Gasteiger partial charge in [-0.15, -0.1) is 0 Å². The van der Waals surface area contributed by atoms with Crippen LogP contribution in [-0.2, 0) is 24.8 Å². The molecule has 2 aliphatic heterocycles. The van der Waals surface area contributed by atoms with E-state index in [4.69, 9.17) is 0 Å². The van der Waals surface area contributed by atoms with Crippen LogP contribution in [0.2, 0.25) is 0 Å². The van der Waals surface area contributed by atoms with Crippen molar-refractivity contribution in [2.24, 2.45) is 7.05 Å². The normalized spacial score (nSPS) is 23.8. The van der Waals surface area contributed by atoms with Crippen molar-refractivity contribution >= 4 is 11.6 Å². The Morgan fingerprint density at radius 1 is 1.24 bits per heavy atom. The summed E-state index contributed by atoms with van der Waals surface area (Å²) in [7, 11) is 1.87. The highest BCUT2D eigenvalue weighted by Gasteiger charge is 2.34. The number of aromatic nitrogens is 5. The van der Waals surface area contributed by atoms with Gasteiger partial charge in [-0.3, -0.25) is 14.8 Å². The smallest absolute Gasteiger partial charge is 0.244 e. The molecule has 1 fully saturated rings. The van der Waals surface area contributed by atoms with Crippen LogP contribution in [0.25, 0.3) is 0 Å². The first-order chi connectivity index (χ1) is 12.2. The molecule has 134 valence electrons. The van der Waals surface area contributed by atoms with Gasteiger partial charge in [0, 0.05) is 32.8 Å². The summed E-state index contributed by atoms with van der Waals surface area (Å²) in [6.45, 7) is 3.74. The quantitative estimate of drug-likeness (QED) is 0.902. The fraction of sp³-hybridized carbons (Fsp3) is 0.647. The fourth-order valence-corrected chi connectivity index (χ4v) is 3.78. The predicted molar refractivity (Wildman–Crippen MR) is 93.1 cm³/mol. The van der Waals surface area contributed by atoms with Crippen molar-refractivity contribution in [2.75, 3.05) is 11.4 Å². The van der Waals surface area contributed by atoms with Crippen LogP contribution in [0.1, 0.15) is 50.3 Å². The first-order valence-corrected chi connectivity index (χ1v) is 9.15. The summed E-state index contributed by atoms with van der Waals surface area (Å²) in [5.74, 6) is 2.00. The van der Waals surface area contributed by atoms with E-state index in [-0.39, 0.29) is 18.0 Å². The van der Waals surface area contributed by atoms with Crippen molar-refractivity contribution in [2.45, 2.75) is 57.7 Å². The van der Waals surface area contributed by atoms with Crippen molar-refractivity contribution < 1.29 is 4.79 Å². The summed E-state index contributed by atoms with van der Waals surface area (Å²) in [6.07, 6.45) is 8.39. The van der Waals surface area contributed by atoms with Crippen LogP contribution in [0.5, 0.6) is 0 Å². The molecule has 0 aromatic carbocycles. The molecule has 0 saturated carbocycles. The number of piperidine rings is 1. The van der Waals surface area contributed by atoms with Crippen LogP contribution in [0.4, 0.5) is 5.69 Å². The number of aryl methyl sites for hydroxylation is 3. The van der Waals surface area contributed by atoms with Gasteiger partial charge in [0.05, 0.1) is 24.0 Å². The van der Waals surface area contributed by atoms with Gasteiger partial charge in [-0.1, -0.05) is 6.92 Å². The Bertz CT molecular complexity index is 765. The zero-order valence-corrected chi connectivity index (χ0v) is 14.9. The van der Waals surface area contributed by atoms with Crippen LogP contribution in [-0.4, -0.2) is 43.0 Å². The highest BCUT2D eigenvalue weighted by molar-refractivity contribution is 5.97. The molecule has 2 aromatic heterocycles. The third-order valence-corrected chi connectivity index (χ3v) is 5.08. The minimum Gasteiger partial charge on any atom is -0.308 e. The maximum absolute atomic E-state index is 13.0. The van der Waals surface area contributed by atoms with Crippen LogP contribution in [0.3, 0.4) is 0 Å². The van der Waals surface area contributed by atoms with E-state index in [1.165, 1.54) is 0 Å². The molecular formula is C17H25N7O. The highest BCUT2D eigenvalue weighted by atomic mass is 16.2. The second-order valence-corrected chi connectivity index (χ2v) is 6.88. The summed E-state index contributed by atoms with van der Waals surface area (Å²) >= 11 is 0. The van der Waals surface area contributed by atoms with E-state index in [1.54, 1.807) is 10.9 Å². The zero-order valence-electron chi connectivity index (χ0n) is 14.9. The van der Waals surface area contributed by atoms with Gasteiger partial charge in [0.15, 0.2) is 5.82 Å². The average Bonchev–Trinajstić information content (AvgIpc) is 3.23. The minimum absolute atomic E-state index is 0.101. The Balaban J connectivity index is 1.51. The van der Waals surface area contributed by atoms with Crippen molar-refractivity contribution in [1.29, 1.82) is 0 Å². The second-order valence-electron chi connectivity index (χ2n) is 6.88. The van der Waals surface area contributed by atoms with Crippen molar-refractivity contribution in [3.63, 3.8) is 0 Å². The predicted octanol–water partition coefficient (Wildman–Crippen LogP) is 1.19. The number of amides is 1. The van der Waals surface area contributed by atoms with Gasteiger partial charge in [-0.25, -0.2) is 9.67 Å². The molecular weight excluding hydrogens is 318 g/mol. The molecule has 25 heavy (non-hydrogen) atoms. The first-order valence-electron chi connectivity index (χ1n) is 9.15. The molecule has 0 bridgehead atoms. The molecule has 8 heteroatoms. The van der Waals surface area contributed by atoms with Gasteiger partial charge < -0.3 is 4.90 Å². The van der Waals surface area contributed by atoms with E-state index >= 15 is 0 Å². The molecule has 0 spiro atoms. The largest absolute Gasteiger partial charge is 0.308 e. The Morgan fingerprint density at radius 3 is 2.80 bits per heavy atom. The Labute approximate surface area is 147 Å². The third-order valence-electron chi connectivity index (χ3n) is 5.08. The number of anilines is 1. The minimum atomic E-state index is -0.174. The molecule has 1 N–H and O–H groups in total. The van der Waals surface area contributed by atoms with Crippen molar-refractivity contribution in [3.05, 3.63) is 24.0 Å². The number of rotatable bonds is 4. The van der Waals surface area contributed by atoms with E-state index in [0.717, 1.165) is 62.5 Å². The molecule has 2 atom stereocenters. The SMILES string of the molecule is CCc1nc2n(n1)CCCC2NC1CCCN(c2cnn(C)c2)C1=O. The van der Waals surface area contributed by atoms with E-state index in [1.807, 2.05) is 22.8 Å². The van der Waals surface area contributed by atoms with Gasteiger partial charge in [0.25, 0.3) is 0 Å². The van der Waals surface area contributed by atoms with E-state index in [2.05, 4.69) is 27.4 Å². The lowest BCUT2D eigenvalue weighted by Gasteiger charge is -2.34. The first kappa shape index (κ1) is 16.3. The zero-order chi connectivity index (χ0) is 17.4. The Kier molecular flexibility index (Phi) is 4.29. The summed E-state index contributed by atoms with van der Waals surface area (Å²) in [4.78, 5) is 19.5. The molecule has 4 rings (SSSR count). The molecule has 2 aliphatic rings. The van der Waals surface area contributed by atoms with E-state index in [0.29, 0.717) is 0 Å². The Morgan fingerprint density at radius 2 is 2.04 bits per heavy atom. The number of nitrogens with zero attached hydrogens (tertiary/aromatic N) is 6. The maximum atomic E-state index is 13.0. The van der Waals surface area contributed by atoms with Crippen LogP contribution < -0.4 is 10.2 Å². The number of nitrogens with one attached hydrogen (secondary N) is 1. The number of carbonyl (C=O) groups is 1. The standard InChI is InChI=1S/C17H25N7O/c1-3-15-20-16-13(6-5-9-24(16)21-15)19-14-7-4-8-23(17(14)25)12-10-18-22(2)11-12/h10-11,13-14,19H,3-9H2,1-2H3. The second kappa shape index (κ2) is 6.59. The molecule has 1 saturated heterocycles. The van der Waals surface area contributed by atoms with Crippen LogP contribution >= 0.6 is 0 Å². The maximum Gasteiger partial charge on any atom is 0.244 e. The van der Waals surface area contributed by atoms with Gasteiger partial charge in [-0.2, -0.15) is 10.2 Å². The summed E-state index contributed by atoms with van der Waals surface area (Å²) in [5.41, 5.74) is 0.874. The molecule has 0 aliphatic carbocycles. The number of hydrogen-bond donors (Lipinski definition) is 1. The van der Waals surface area contributed by atoms with Crippen LogP contribution in [0.15, 0.2) is 12.4 Å². The third kappa shape index (κ3) is 3.06. The van der Waals surface area contributed by atoms with E-state index in [9.17, 15) is 4.79 Å². The number of hydrogen-bond acceptors (Lipinski definition) is 5. The summed E-state index contributed by atoms with van der Waals surface area (Å²) < 4.78 is 3.74. The van der Waals surface area contributed by atoms with E-state index < -0.39 is 0 Å². The molecule has 8 nitrogen and oxygen atoms in total. The monoisotopic (exact) mass is 343 g/mol. The molecule has 2 unspecified atom stereocenters. The molecule has 4 heterocycles. The average molecular weight is 343 g/mol. The fourth-order valence-electron chi connectivity index (χ4n) is 3.78. The van der Waals surface area contributed by atoms with Gasteiger partial charge in [0.1, 0.15) is 5.82 Å². The van der Waals surface area contributed by atoms with Crippen LogP contribution in [0, 0.1) is 0 Å². The summed E-state index contributed by atoms with van der Waals surface area (Å²) in [5, 5.41) is 12.3. The van der Waals surface area contributed by atoms with Gasteiger partial charge in [-0.05, 0) is 25.7 Å². The lowest BCUT2D eigenvalue weighted by molar-refractivity contribution is -0.122. The number of fused-ring (bicyclic) bond motifs is 1. The molecule has 1 amide bonds. The van der Waals surface area contributed by atoms with Gasteiger partial charge in [0.2, 0.25) is 5.91 Å². The highest BCUT2D eigenvalue weighted by Crippen LogP contribution is 2.27. The number of carbonyl (C=O) groups excluding carboxylic acids is 1. The van der Waals surface area contributed by atoms with Gasteiger partial charge >= 0.3 is 0 Å². The Hall–Kier alpha value is -2.22. The lowest BCUT2D eigenvalue weighted by Crippen LogP contribution is -2.52. The summed E-state index contributed by atoms with van der Waals surface area (Å²) in [6, 6.07) is -0.0726. The van der Waals surface area contributed by atoms with Crippen molar-refractivity contribution in [3.8, 4) is 0 Å².